The number of carbonyl (C=O) groups is 1. The number of ether oxygens (including phenoxy) is 1. The number of halogens is 1. The average Bonchev–Trinajstić information content (AvgIpc) is 2.55. The van der Waals surface area contributed by atoms with Crippen LogP contribution < -0.4 is 10.1 Å². The van der Waals surface area contributed by atoms with Gasteiger partial charge >= 0.3 is 0 Å². The predicted octanol–water partition coefficient (Wildman–Crippen LogP) is 3.81. The first-order valence-electron chi connectivity index (χ1n) is 7.44. The highest BCUT2D eigenvalue weighted by Gasteiger charge is 2.13. The predicted molar refractivity (Wildman–Crippen MR) is 91.4 cm³/mol. The number of rotatable bonds is 7. The van der Waals surface area contributed by atoms with Gasteiger partial charge in [0.25, 0.3) is 0 Å². The molecule has 23 heavy (non-hydrogen) atoms. The molecule has 2 aromatic rings. The molecule has 122 valence electrons. The fourth-order valence-electron chi connectivity index (χ4n) is 1.89. The van der Waals surface area contributed by atoms with E-state index >= 15 is 0 Å². The molecular weight excluding hydrogens is 313 g/mol. The smallest absolute Gasteiger partial charge is 0.233 e. The van der Waals surface area contributed by atoms with Gasteiger partial charge in [0.05, 0.1) is 11.8 Å². The average molecular weight is 333 g/mol. The summed E-state index contributed by atoms with van der Waals surface area (Å²) in [5, 5.41) is 2.66. The molecule has 0 saturated heterocycles. The van der Waals surface area contributed by atoms with Crippen LogP contribution in [0, 0.1) is 12.7 Å². The minimum absolute atomic E-state index is 0.0294. The van der Waals surface area contributed by atoms with Crippen molar-refractivity contribution in [2.24, 2.45) is 0 Å². The largest absolute Gasteiger partial charge is 0.492 e. The fraction of sp³-hybridized carbons (Fsp3) is 0.278. The van der Waals surface area contributed by atoms with Crippen molar-refractivity contribution in [1.29, 1.82) is 0 Å². The van der Waals surface area contributed by atoms with Crippen LogP contribution in [0.5, 0.6) is 5.75 Å². The Labute approximate surface area is 140 Å². The maximum Gasteiger partial charge on any atom is 0.233 e. The first-order chi connectivity index (χ1) is 11.0. The number of nitrogens with one attached hydrogen (secondary N) is 1. The Bertz CT molecular complexity index is 628. The van der Waals surface area contributed by atoms with Gasteiger partial charge in [-0.25, -0.2) is 4.39 Å². The number of aryl methyl sites for hydroxylation is 1. The number of hydrogen-bond donors (Lipinski definition) is 1. The van der Waals surface area contributed by atoms with Gasteiger partial charge < -0.3 is 10.1 Å². The van der Waals surface area contributed by atoms with Gasteiger partial charge in [0.2, 0.25) is 5.91 Å². The summed E-state index contributed by atoms with van der Waals surface area (Å²) in [4.78, 5) is 13.1. The third kappa shape index (κ3) is 5.94. The molecule has 3 nitrogen and oxygen atoms in total. The summed E-state index contributed by atoms with van der Waals surface area (Å²) in [6, 6.07) is 13.9. The zero-order valence-electron chi connectivity index (χ0n) is 13.2. The topological polar surface area (TPSA) is 38.3 Å². The minimum atomic E-state index is -0.299. The first-order valence-corrected chi connectivity index (χ1v) is 8.32. The van der Waals surface area contributed by atoms with Gasteiger partial charge in [0.1, 0.15) is 18.2 Å². The highest BCUT2D eigenvalue weighted by atomic mass is 32.2. The summed E-state index contributed by atoms with van der Waals surface area (Å²) >= 11 is 1.52. The van der Waals surface area contributed by atoms with E-state index in [1.807, 2.05) is 38.1 Å². The maximum atomic E-state index is 12.8. The number of amides is 1. The highest BCUT2D eigenvalue weighted by Crippen LogP contribution is 2.23. The summed E-state index contributed by atoms with van der Waals surface area (Å²) in [7, 11) is 0. The van der Waals surface area contributed by atoms with Crippen LogP contribution in [0.3, 0.4) is 0 Å². The summed E-state index contributed by atoms with van der Waals surface area (Å²) in [6.07, 6.45) is 0. The zero-order valence-corrected chi connectivity index (χ0v) is 14.0. The Morgan fingerprint density at radius 1 is 1.17 bits per heavy atom. The van der Waals surface area contributed by atoms with Gasteiger partial charge in [0, 0.05) is 4.90 Å². The first kappa shape index (κ1) is 17.3. The van der Waals surface area contributed by atoms with E-state index in [0.29, 0.717) is 18.9 Å². The van der Waals surface area contributed by atoms with E-state index in [9.17, 15) is 9.18 Å². The standard InChI is InChI=1S/C18H20FNO2S/c1-13-3-9-17(10-4-13)23-14(2)18(21)20-11-12-22-16-7-5-15(19)6-8-16/h3-10,14H,11-12H2,1-2H3,(H,20,21)/t14-/m0/s1. The van der Waals surface area contributed by atoms with Crippen molar-refractivity contribution in [2.75, 3.05) is 13.2 Å². The zero-order chi connectivity index (χ0) is 16.7. The molecule has 0 saturated carbocycles. The number of hydrogen-bond acceptors (Lipinski definition) is 3. The number of carbonyl (C=O) groups excluding carboxylic acids is 1. The van der Waals surface area contributed by atoms with Gasteiger partial charge in [-0.3, -0.25) is 4.79 Å². The van der Waals surface area contributed by atoms with Gasteiger partial charge in [-0.2, -0.15) is 0 Å². The van der Waals surface area contributed by atoms with Gasteiger partial charge in [-0.15, -0.1) is 11.8 Å². The van der Waals surface area contributed by atoms with Gasteiger partial charge in [0.15, 0.2) is 0 Å². The second kappa shape index (κ2) is 8.58. The Hall–Kier alpha value is -2.01. The summed E-state index contributed by atoms with van der Waals surface area (Å²) in [5.41, 5.74) is 1.20. The second-order valence-electron chi connectivity index (χ2n) is 5.17. The molecule has 0 fully saturated rings. The maximum absolute atomic E-state index is 12.8. The van der Waals surface area contributed by atoms with Crippen molar-refractivity contribution < 1.29 is 13.9 Å². The second-order valence-corrected chi connectivity index (χ2v) is 6.58. The third-order valence-electron chi connectivity index (χ3n) is 3.19. The van der Waals surface area contributed by atoms with Crippen LogP contribution in [0.15, 0.2) is 53.4 Å². The quantitative estimate of drug-likeness (QED) is 0.618. The molecule has 1 N–H and O–H groups in total. The van der Waals surface area contributed by atoms with Crippen LogP contribution in [0.1, 0.15) is 12.5 Å². The number of benzene rings is 2. The van der Waals surface area contributed by atoms with Crippen LogP contribution in [0.4, 0.5) is 4.39 Å². The van der Waals surface area contributed by atoms with Gasteiger partial charge in [-0.1, -0.05) is 17.7 Å². The molecule has 1 atom stereocenters. The lowest BCUT2D eigenvalue weighted by molar-refractivity contribution is -0.120. The van der Waals surface area contributed by atoms with E-state index in [1.165, 1.54) is 29.5 Å². The summed E-state index contributed by atoms with van der Waals surface area (Å²) < 4.78 is 18.2. The molecule has 0 aliphatic heterocycles. The highest BCUT2D eigenvalue weighted by molar-refractivity contribution is 8.00. The van der Waals surface area contributed by atoms with Crippen LogP contribution >= 0.6 is 11.8 Å². The molecule has 2 rings (SSSR count). The Morgan fingerprint density at radius 3 is 2.48 bits per heavy atom. The lowest BCUT2D eigenvalue weighted by Gasteiger charge is -2.12. The van der Waals surface area contributed by atoms with Crippen LogP contribution in [0.2, 0.25) is 0 Å². The molecular formula is C18H20FNO2S. The van der Waals surface area contributed by atoms with E-state index in [2.05, 4.69) is 5.32 Å². The summed E-state index contributed by atoms with van der Waals surface area (Å²) in [5.74, 6) is 0.258. The van der Waals surface area contributed by atoms with E-state index < -0.39 is 0 Å². The van der Waals surface area contributed by atoms with Crippen molar-refractivity contribution in [2.45, 2.75) is 24.0 Å². The van der Waals surface area contributed by atoms with Gasteiger partial charge in [-0.05, 0) is 50.2 Å². The normalized spacial score (nSPS) is 11.8. The lowest BCUT2D eigenvalue weighted by Crippen LogP contribution is -2.33. The van der Waals surface area contributed by atoms with Crippen molar-refractivity contribution >= 4 is 17.7 Å². The van der Waals surface area contributed by atoms with E-state index in [0.717, 1.165) is 4.90 Å². The molecule has 0 unspecified atom stereocenters. The minimum Gasteiger partial charge on any atom is -0.492 e. The van der Waals surface area contributed by atoms with Crippen molar-refractivity contribution in [3.05, 3.63) is 59.9 Å². The van der Waals surface area contributed by atoms with Crippen LogP contribution in [0.25, 0.3) is 0 Å². The Morgan fingerprint density at radius 2 is 1.83 bits per heavy atom. The van der Waals surface area contributed by atoms with Crippen molar-refractivity contribution in [3.8, 4) is 5.75 Å². The fourth-order valence-corrected chi connectivity index (χ4v) is 2.78. The molecule has 0 aromatic heterocycles. The molecule has 0 aliphatic rings. The molecule has 0 aliphatic carbocycles. The summed E-state index contributed by atoms with van der Waals surface area (Å²) in [6.45, 7) is 4.67. The molecule has 2 aromatic carbocycles. The third-order valence-corrected chi connectivity index (χ3v) is 4.30. The Balaban J connectivity index is 1.69. The molecule has 5 heteroatoms. The van der Waals surface area contributed by atoms with E-state index in [4.69, 9.17) is 4.74 Å². The lowest BCUT2D eigenvalue weighted by atomic mass is 10.2. The molecule has 0 radical (unpaired) electrons. The molecule has 0 heterocycles. The SMILES string of the molecule is Cc1ccc(S[C@@H](C)C(=O)NCCOc2ccc(F)cc2)cc1. The number of thioether (sulfide) groups is 1. The Kier molecular flexibility index (Phi) is 6.47. The van der Waals surface area contributed by atoms with Crippen molar-refractivity contribution in [3.63, 3.8) is 0 Å². The van der Waals surface area contributed by atoms with E-state index in [1.54, 1.807) is 12.1 Å². The molecule has 0 spiro atoms. The monoisotopic (exact) mass is 333 g/mol. The van der Waals surface area contributed by atoms with E-state index in [-0.39, 0.29) is 17.0 Å². The van der Waals surface area contributed by atoms with Crippen molar-refractivity contribution in [1.82, 2.24) is 5.32 Å². The molecule has 0 bridgehead atoms. The van der Waals surface area contributed by atoms with Crippen LogP contribution in [-0.4, -0.2) is 24.3 Å². The molecule has 1 amide bonds. The van der Waals surface area contributed by atoms with Crippen LogP contribution in [-0.2, 0) is 4.79 Å².